The minimum absolute atomic E-state index is 0.376. The van der Waals surface area contributed by atoms with Crippen molar-refractivity contribution in [3.63, 3.8) is 0 Å². The van der Waals surface area contributed by atoms with E-state index in [1.165, 1.54) is 16.3 Å². The van der Waals surface area contributed by atoms with Gasteiger partial charge >= 0.3 is 0 Å². The molecule has 90 valence electrons. The zero-order valence-electron chi connectivity index (χ0n) is 10.4. The molecule has 0 fully saturated rings. The number of likely N-dealkylation sites (N-methyl/N-ethyl adjacent to an activating group) is 1. The van der Waals surface area contributed by atoms with Crippen molar-refractivity contribution in [1.29, 1.82) is 0 Å². The van der Waals surface area contributed by atoms with Gasteiger partial charge in [-0.25, -0.2) is 0 Å². The van der Waals surface area contributed by atoms with E-state index >= 15 is 0 Å². The minimum atomic E-state index is 0.376. The third-order valence-corrected chi connectivity index (χ3v) is 3.07. The SMILES string of the molecule is CNC(COC)Cc1ccc2ccccc2c1. The Hall–Kier alpha value is -1.38. The second-order valence-corrected chi connectivity index (χ2v) is 4.33. The maximum Gasteiger partial charge on any atom is 0.0618 e. The highest BCUT2D eigenvalue weighted by Gasteiger charge is 2.06. The van der Waals surface area contributed by atoms with Crippen LogP contribution in [0.3, 0.4) is 0 Å². The van der Waals surface area contributed by atoms with Crippen LogP contribution in [0.4, 0.5) is 0 Å². The van der Waals surface area contributed by atoms with Crippen LogP contribution in [0.2, 0.25) is 0 Å². The quantitative estimate of drug-likeness (QED) is 0.851. The summed E-state index contributed by atoms with van der Waals surface area (Å²) in [4.78, 5) is 0. The van der Waals surface area contributed by atoms with E-state index in [2.05, 4.69) is 47.8 Å². The van der Waals surface area contributed by atoms with Gasteiger partial charge in [0.15, 0.2) is 0 Å². The first-order valence-corrected chi connectivity index (χ1v) is 5.97. The summed E-state index contributed by atoms with van der Waals surface area (Å²) < 4.78 is 5.19. The van der Waals surface area contributed by atoms with Crippen LogP contribution in [-0.4, -0.2) is 26.8 Å². The average molecular weight is 229 g/mol. The number of rotatable bonds is 5. The molecule has 2 aromatic carbocycles. The van der Waals surface area contributed by atoms with Crippen LogP contribution in [0.5, 0.6) is 0 Å². The highest BCUT2D eigenvalue weighted by atomic mass is 16.5. The molecule has 17 heavy (non-hydrogen) atoms. The molecule has 0 aliphatic rings. The Morgan fingerprint density at radius 1 is 1.12 bits per heavy atom. The smallest absolute Gasteiger partial charge is 0.0618 e. The lowest BCUT2D eigenvalue weighted by atomic mass is 10.0. The predicted octanol–water partition coefficient (Wildman–Crippen LogP) is 2.62. The lowest BCUT2D eigenvalue weighted by Crippen LogP contribution is -2.32. The average Bonchev–Trinajstić information content (AvgIpc) is 2.38. The van der Waals surface area contributed by atoms with Crippen LogP contribution in [0.25, 0.3) is 10.8 Å². The van der Waals surface area contributed by atoms with Gasteiger partial charge in [-0.1, -0.05) is 42.5 Å². The first-order chi connectivity index (χ1) is 8.33. The van der Waals surface area contributed by atoms with Crippen LogP contribution in [-0.2, 0) is 11.2 Å². The summed E-state index contributed by atoms with van der Waals surface area (Å²) in [6.45, 7) is 0.739. The fraction of sp³-hybridized carbons (Fsp3) is 0.333. The molecule has 0 aliphatic carbocycles. The van der Waals surface area contributed by atoms with Gasteiger partial charge < -0.3 is 10.1 Å². The molecule has 0 heterocycles. The van der Waals surface area contributed by atoms with E-state index in [0.29, 0.717) is 6.04 Å². The van der Waals surface area contributed by atoms with Crippen molar-refractivity contribution in [2.24, 2.45) is 0 Å². The molecule has 0 saturated carbocycles. The second kappa shape index (κ2) is 5.80. The monoisotopic (exact) mass is 229 g/mol. The molecule has 2 nitrogen and oxygen atoms in total. The Labute approximate surface area is 103 Å². The van der Waals surface area contributed by atoms with Crippen molar-refractivity contribution >= 4 is 10.8 Å². The van der Waals surface area contributed by atoms with Gasteiger partial charge in [-0.15, -0.1) is 0 Å². The van der Waals surface area contributed by atoms with Crippen molar-refractivity contribution < 1.29 is 4.74 Å². The summed E-state index contributed by atoms with van der Waals surface area (Å²) >= 11 is 0. The topological polar surface area (TPSA) is 21.3 Å². The Bertz CT molecular complexity index is 481. The third-order valence-electron chi connectivity index (χ3n) is 3.07. The van der Waals surface area contributed by atoms with Crippen molar-refractivity contribution in [3.05, 3.63) is 48.0 Å². The van der Waals surface area contributed by atoms with Crippen LogP contribution >= 0.6 is 0 Å². The van der Waals surface area contributed by atoms with Crippen LogP contribution < -0.4 is 5.32 Å². The number of benzene rings is 2. The van der Waals surface area contributed by atoms with E-state index in [0.717, 1.165) is 13.0 Å². The summed E-state index contributed by atoms with van der Waals surface area (Å²) in [5, 5.41) is 5.87. The van der Waals surface area contributed by atoms with E-state index in [4.69, 9.17) is 4.74 Å². The number of methoxy groups -OCH3 is 1. The summed E-state index contributed by atoms with van der Waals surface area (Å²) in [5.41, 5.74) is 1.35. The van der Waals surface area contributed by atoms with Crippen molar-refractivity contribution in [2.75, 3.05) is 20.8 Å². The summed E-state index contributed by atoms with van der Waals surface area (Å²) in [6, 6.07) is 15.5. The molecule has 2 aromatic rings. The molecule has 2 rings (SSSR count). The molecule has 0 radical (unpaired) electrons. The van der Waals surface area contributed by atoms with Crippen LogP contribution in [0, 0.1) is 0 Å². The maximum atomic E-state index is 5.19. The lowest BCUT2D eigenvalue weighted by Gasteiger charge is -2.15. The maximum absolute atomic E-state index is 5.19. The standard InChI is InChI=1S/C15H19NO/c1-16-15(11-17-2)10-12-7-8-13-5-3-4-6-14(13)9-12/h3-9,15-16H,10-11H2,1-2H3. The zero-order chi connectivity index (χ0) is 12.1. The van der Waals surface area contributed by atoms with Crippen molar-refractivity contribution in [1.82, 2.24) is 5.32 Å². The minimum Gasteiger partial charge on any atom is -0.383 e. The molecular formula is C15H19NO. The molecule has 1 unspecified atom stereocenters. The Balaban J connectivity index is 2.18. The molecule has 0 bridgehead atoms. The van der Waals surface area contributed by atoms with Crippen LogP contribution in [0.15, 0.2) is 42.5 Å². The number of hydrogen-bond acceptors (Lipinski definition) is 2. The lowest BCUT2D eigenvalue weighted by molar-refractivity contribution is 0.169. The van der Waals surface area contributed by atoms with Crippen molar-refractivity contribution in [3.8, 4) is 0 Å². The molecule has 0 amide bonds. The molecule has 0 spiro atoms. The second-order valence-electron chi connectivity index (χ2n) is 4.33. The van der Waals surface area contributed by atoms with E-state index in [1.54, 1.807) is 7.11 Å². The largest absolute Gasteiger partial charge is 0.383 e. The zero-order valence-corrected chi connectivity index (χ0v) is 10.4. The number of nitrogens with one attached hydrogen (secondary N) is 1. The fourth-order valence-corrected chi connectivity index (χ4v) is 2.10. The van der Waals surface area contributed by atoms with Crippen LogP contribution in [0.1, 0.15) is 5.56 Å². The first kappa shape index (κ1) is 12.1. The molecular weight excluding hydrogens is 210 g/mol. The summed E-state index contributed by atoms with van der Waals surface area (Å²) in [7, 11) is 3.72. The van der Waals surface area contributed by atoms with E-state index < -0.39 is 0 Å². The van der Waals surface area contributed by atoms with Gasteiger partial charge in [0, 0.05) is 13.2 Å². The highest BCUT2D eigenvalue weighted by Crippen LogP contribution is 2.16. The van der Waals surface area contributed by atoms with Crippen molar-refractivity contribution in [2.45, 2.75) is 12.5 Å². The Morgan fingerprint density at radius 3 is 2.59 bits per heavy atom. The van der Waals surface area contributed by atoms with E-state index in [9.17, 15) is 0 Å². The molecule has 0 saturated heterocycles. The molecule has 1 atom stereocenters. The predicted molar refractivity (Wildman–Crippen MR) is 72.4 cm³/mol. The normalized spacial score (nSPS) is 12.8. The molecule has 2 heteroatoms. The molecule has 0 aliphatic heterocycles. The Kier molecular flexibility index (Phi) is 4.13. The Morgan fingerprint density at radius 2 is 1.88 bits per heavy atom. The van der Waals surface area contributed by atoms with Gasteiger partial charge in [0.1, 0.15) is 0 Å². The van der Waals surface area contributed by atoms with Gasteiger partial charge in [-0.2, -0.15) is 0 Å². The highest BCUT2D eigenvalue weighted by molar-refractivity contribution is 5.82. The molecule has 1 N–H and O–H groups in total. The third kappa shape index (κ3) is 3.05. The fourth-order valence-electron chi connectivity index (χ4n) is 2.10. The molecule has 0 aromatic heterocycles. The summed E-state index contributed by atoms with van der Waals surface area (Å²) in [5.74, 6) is 0. The van der Waals surface area contributed by atoms with Gasteiger partial charge in [0.2, 0.25) is 0 Å². The van der Waals surface area contributed by atoms with E-state index in [-0.39, 0.29) is 0 Å². The van der Waals surface area contributed by atoms with E-state index in [1.807, 2.05) is 7.05 Å². The van der Waals surface area contributed by atoms with Gasteiger partial charge in [-0.05, 0) is 29.8 Å². The number of ether oxygens (including phenoxy) is 1. The summed E-state index contributed by atoms with van der Waals surface area (Å²) in [6.07, 6.45) is 0.995. The number of hydrogen-bond donors (Lipinski definition) is 1. The number of fused-ring (bicyclic) bond motifs is 1. The van der Waals surface area contributed by atoms with Gasteiger partial charge in [0.25, 0.3) is 0 Å². The van der Waals surface area contributed by atoms with Gasteiger partial charge in [-0.3, -0.25) is 0 Å². The van der Waals surface area contributed by atoms with Gasteiger partial charge in [0.05, 0.1) is 6.61 Å². The first-order valence-electron chi connectivity index (χ1n) is 5.97.